The summed E-state index contributed by atoms with van der Waals surface area (Å²) in [6.45, 7) is 4.56. The van der Waals surface area contributed by atoms with Gasteiger partial charge in [-0.3, -0.25) is 0 Å². The van der Waals surface area contributed by atoms with Crippen LogP contribution in [-0.4, -0.2) is 6.29 Å². The highest BCUT2D eigenvalue weighted by Gasteiger charge is 2.16. The molecule has 0 saturated carbocycles. The summed E-state index contributed by atoms with van der Waals surface area (Å²) < 4.78 is 0. The van der Waals surface area contributed by atoms with Crippen LogP contribution in [0.3, 0.4) is 0 Å². The molecule has 0 fully saturated rings. The topological polar surface area (TPSA) is 17.1 Å². The second kappa shape index (κ2) is 21.6. The smallest absolute Gasteiger partial charge is 0.141 e. The molecule has 0 aliphatic rings. The van der Waals surface area contributed by atoms with Crippen molar-refractivity contribution < 1.29 is 4.79 Å². The van der Waals surface area contributed by atoms with Crippen LogP contribution < -0.4 is 0 Å². The lowest BCUT2D eigenvalue weighted by atomic mass is 9.92. The number of aryl methyl sites for hydroxylation is 1. The van der Waals surface area contributed by atoms with Crippen molar-refractivity contribution in [2.45, 2.75) is 155 Å². The van der Waals surface area contributed by atoms with E-state index in [0.717, 1.165) is 18.4 Å². The fraction of sp³-hybridized carbons (Fsp3) is 0.774. The maximum Gasteiger partial charge on any atom is 0.303 e. The minimum Gasteiger partial charge on any atom is -0.141 e. The Bertz CT molecular complexity index is 547. The van der Waals surface area contributed by atoms with Crippen LogP contribution in [0.25, 0.3) is 0 Å². The number of unbranched alkanes of at least 4 members (excludes halogenated alkanes) is 18. The summed E-state index contributed by atoms with van der Waals surface area (Å²) >= 11 is 0. The first-order valence-corrected chi connectivity index (χ1v) is 14.3. The lowest BCUT2D eigenvalue weighted by Gasteiger charge is -2.07. The highest BCUT2D eigenvalue weighted by atomic mass is 16.1. The SMILES string of the molecule is CCCCCCCCCCCCc1cccc([C+]=O)c1CCCCCCCCCCCC. The van der Waals surface area contributed by atoms with Gasteiger partial charge in [-0.05, 0) is 31.4 Å². The normalized spacial score (nSPS) is 11.1. The molecule has 1 aromatic carbocycles. The van der Waals surface area contributed by atoms with Crippen molar-refractivity contribution in [2.75, 3.05) is 0 Å². The third kappa shape index (κ3) is 14.8. The van der Waals surface area contributed by atoms with E-state index in [1.54, 1.807) is 0 Å². The van der Waals surface area contributed by atoms with Crippen molar-refractivity contribution in [3.8, 4) is 0 Å². The molecule has 0 amide bonds. The van der Waals surface area contributed by atoms with E-state index in [-0.39, 0.29) is 0 Å². The van der Waals surface area contributed by atoms with E-state index >= 15 is 0 Å². The van der Waals surface area contributed by atoms with Gasteiger partial charge in [-0.25, -0.2) is 0 Å². The van der Waals surface area contributed by atoms with Gasteiger partial charge in [-0.15, -0.1) is 4.79 Å². The largest absolute Gasteiger partial charge is 0.303 e. The molecule has 0 N–H and O–H groups in total. The van der Waals surface area contributed by atoms with Crippen LogP contribution in [0.2, 0.25) is 0 Å². The zero-order valence-corrected chi connectivity index (χ0v) is 21.7. The number of hydrogen-bond donors (Lipinski definition) is 0. The summed E-state index contributed by atoms with van der Waals surface area (Å²) in [5, 5.41) is 0. The monoisotopic (exact) mass is 441 g/mol. The molecule has 0 aliphatic heterocycles. The quantitative estimate of drug-likeness (QED) is 0.122. The van der Waals surface area contributed by atoms with E-state index in [4.69, 9.17) is 0 Å². The number of carbonyl (C=O) groups excluding carboxylic acids is 1. The molecule has 0 atom stereocenters. The third-order valence-electron chi connectivity index (χ3n) is 6.96. The molecule has 1 heteroatoms. The molecular formula is C31H53O+. The predicted molar refractivity (Wildman–Crippen MR) is 142 cm³/mol. The van der Waals surface area contributed by atoms with Crippen molar-refractivity contribution >= 4 is 6.29 Å². The van der Waals surface area contributed by atoms with Crippen molar-refractivity contribution in [2.24, 2.45) is 0 Å². The Labute approximate surface area is 201 Å². The first-order valence-electron chi connectivity index (χ1n) is 14.3. The Hall–Kier alpha value is -1.20. The standard InChI is InChI=1S/C31H53O/c1-3-5-7-9-11-13-15-17-19-21-24-29-25-23-26-30(28-32)31(29)27-22-20-18-16-14-12-10-8-6-4-2/h23,25-26H,3-22,24,27H2,1-2H3/q+1. The van der Waals surface area contributed by atoms with Crippen LogP contribution in [0.15, 0.2) is 18.2 Å². The Morgan fingerprint density at radius 1 is 0.531 bits per heavy atom. The molecule has 1 aromatic rings. The molecule has 0 spiro atoms. The van der Waals surface area contributed by atoms with Gasteiger partial charge in [-0.2, -0.15) is 0 Å². The second-order valence-corrected chi connectivity index (χ2v) is 9.91. The molecule has 32 heavy (non-hydrogen) atoms. The molecule has 1 nitrogen and oxygen atoms in total. The van der Waals surface area contributed by atoms with E-state index in [0.29, 0.717) is 0 Å². The van der Waals surface area contributed by atoms with Gasteiger partial charge in [-0.1, -0.05) is 129 Å². The van der Waals surface area contributed by atoms with Crippen LogP contribution >= 0.6 is 0 Å². The van der Waals surface area contributed by atoms with Gasteiger partial charge in [0.1, 0.15) is 0 Å². The molecule has 0 aromatic heterocycles. The van der Waals surface area contributed by atoms with Gasteiger partial charge in [0.25, 0.3) is 0 Å². The second-order valence-electron chi connectivity index (χ2n) is 9.91. The molecule has 0 radical (unpaired) electrons. The number of hydrogen-bond acceptors (Lipinski definition) is 1. The number of benzene rings is 1. The average Bonchev–Trinajstić information content (AvgIpc) is 2.81. The lowest BCUT2D eigenvalue weighted by Crippen LogP contribution is -2.01. The molecule has 0 heterocycles. The van der Waals surface area contributed by atoms with Crippen LogP contribution in [-0.2, 0) is 17.6 Å². The molecule has 0 bridgehead atoms. The summed E-state index contributed by atoms with van der Waals surface area (Å²) in [5.74, 6) is 0. The Morgan fingerprint density at radius 3 is 1.38 bits per heavy atom. The fourth-order valence-electron chi connectivity index (χ4n) is 4.85. The summed E-state index contributed by atoms with van der Waals surface area (Å²) in [5.41, 5.74) is 3.50. The fourth-order valence-corrected chi connectivity index (χ4v) is 4.85. The molecule has 0 unspecified atom stereocenters. The Kier molecular flexibility index (Phi) is 19.5. The maximum absolute atomic E-state index is 11.5. The van der Waals surface area contributed by atoms with Crippen molar-refractivity contribution in [3.63, 3.8) is 0 Å². The highest BCUT2D eigenvalue weighted by Crippen LogP contribution is 2.21. The molecule has 0 aliphatic carbocycles. The molecule has 1 rings (SSSR count). The van der Waals surface area contributed by atoms with Crippen molar-refractivity contribution in [1.82, 2.24) is 0 Å². The van der Waals surface area contributed by atoms with Crippen LogP contribution in [0.5, 0.6) is 0 Å². The van der Waals surface area contributed by atoms with Gasteiger partial charge in [0.2, 0.25) is 5.56 Å². The van der Waals surface area contributed by atoms with E-state index in [9.17, 15) is 4.79 Å². The predicted octanol–water partition coefficient (Wildman–Crippen LogP) is 10.1. The summed E-state index contributed by atoms with van der Waals surface area (Å²) in [6, 6.07) is 6.26. The minimum atomic E-state index is 0.811. The third-order valence-corrected chi connectivity index (χ3v) is 6.96. The van der Waals surface area contributed by atoms with Crippen LogP contribution in [0.1, 0.15) is 159 Å². The molecule has 0 saturated heterocycles. The molecular weight excluding hydrogens is 388 g/mol. The van der Waals surface area contributed by atoms with Gasteiger partial charge in [0, 0.05) is 12.0 Å². The summed E-state index contributed by atoms with van der Waals surface area (Å²) in [7, 11) is 0. The van der Waals surface area contributed by atoms with Crippen molar-refractivity contribution in [1.29, 1.82) is 0 Å². The van der Waals surface area contributed by atoms with Gasteiger partial charge in [0.05, 0.1) is 11.6 Å². The van der Waals surface area contributed by atoms with E-state index in [1.165, 1.54) is 140 Å². The van der Waals surface area contributed by atoms with Gasteiger partial charge >= 0.3 is 6.29 Å². The zero-order valence-electron chi connectivity index (χ0n) is 21.7. The number of rotatable bonds is 23. The Morgan fingerprint density at radius 2 is 0.938 bits per heavy atom. The van der Waals surface area contributed by atoms with Gasteiger partial charge < -0.3 is 0 Å². The maximum atomic E-state index is 11.5. The molecule has 182 valence electrons. The van der Waals surface area contributed by atoms with Crippen LogP contribution in [0, 0.1) is 0 Å². The highest BCUT2D eigenvalue weighted by molar-refractivity contribution is 5.78. The lowest BCUT2D eigenvalue weighted by molar-refractivity contribution is 0.552. The van der Waals surface area contributed by atoms with Crippen LogP contribution in [0.4, 0.5) is 0 Å². The van der Waals surface area contributed by atoms with Gasteiger partial charge in [0.15, 0.2) is 0 Å². The average molecular weight is 442 g/mol. The summed E-state index contributed by atoms with van der Waals surface area (Å²) in [4.78, 5) is 11.5. The van der Waals surface area contributed by atoms with E-state index in [2.05, 4.69) is 26.2 Å². The van der Waals surface area contributed by atoms with Crippen molar-refractivity contribution in [3.05, 3.63) is 34.9 Å². The van der Waals surface area contributed by atoms with E-state index < -0.39 is 0 Å². The first kappa shape index (κ1) is 28.8. The first-order chi connectivity index (χ1) is 15.8. The minimum absolute atomic E-state index is 0.811. The zero-order chi connectivity index (χ0) is 23.1. The Balaban J connectivity index is 2.20. The van der Waals surface area contributed by atoms with E-state index in [1.807, 2.05) is 12.1 Å². The summed E-state index contributed by atoms with van der Waals surface area (Å²) in [6.07, 6.45) is 31.7.